The van der Waals surface area contributed by atoms with Crippen molar-refractivity contribution in [1.29, 1.82) is 0 Å². The van der Waals surface area contributed by atoms with E-state index in [0.717, 1.165) is 0 Å². The first-order valence-corrected chi connectivity index (χ1v) is 9.56. The van der Waals surface area contributed by atoms with Crippen molar-refractivity contribution in [3.63, 3.8) is 0 Å². The van der Waals surface area contributed by atoms with Crippen LogP contribution in [-0.2, 0) is 14.6 Å². The van der Waals surface area contributed by atoms with Crippen molar-refractivity contribution in [1.82, 2.24) is 4.98 Å². The topological polar surface area (TPSA) is 102 Å². The second-order valence-corrected chi connectivity index (χ2v) is 9.50. The van der Waals surface area contributed by atoms with Gasteiger partial charge in [0.05, 0.1) is 17.7 Å². The van der Waals surface area contributed by atoms with Gasteiger partial charge in [0.25, 0.3) is 0 Å². The predicted molar refractivity (Wildman–Crippen MR) is 92.0 cm³/mol. The molecule has 2 rings (SSSR count). The summed E-state index contributed by atoms with van der Waals surface area (Å²) in [6, 6.07) is 0. The van der Waals surface area contributed by atoms with E-state index in [1.807, 2.05) is 13.8 Å². The van der Waals surface area contributed by atoms with Gasteiger partial charge in [-0.15, -0.1) is 5.10 Å². The average Bonchev–Trinajstić information content (AvgIpc) is 3.15. The Kier molecular flexibility index (Phi) is 5.37. The average molecular weight is 353 g/mol. The molecule has 0 unspecified atom stereocenters. The third kappa shape index (κ3) is 3.98. The van der Waals surface area contributed by atoms with Crippen LogP contribution in [0.25, 0.3) is 0 Å². The molecule has 7 nitrogen and oxygen atoms in total. The van der Waals surface area contributed by atoms with Crippen LogP contribution >= 0.6 is 0 Å². The number of carbonyl (C=O) groups is 1. The Hall–Kier alpha value is -1.83. The quantitative estimate of drug-likeness (QED) is 0.714. The van der Waals surface area contributed by atoms with E-state index in [-0.39, 0.29) is 23.9 Å². The minimum atomic E-state index is -3.53. The molecule has 0 aromatic carbocycles. The lowest BCUT2D eigenvalue weighted by Crippen LogP contribution is -2.43. The number of oxazole rings is 1. The standard InChI is InChI=1S/C16H23N3O4S/c1-11(2)5-8-24(21,22)16(3,4)14(20)10-12-9-13(19-18-12)15-17-6-7-23-15/h6-7,11H,5,8-10H2,1-4H3. The van der Waals surface area contributed by atoms with Crippen LogP contribution in [-0.4, -0.2) is 41.1 Å². The lowest BCUT2D eigenvalue weighted by Gasteiger charge is -2.23. The highest BCUT2D eigenvalue weighted by Crippen LogP contribution is 2.24. The Morgan fingerprint density at radius 1 is 1.33 bits per heavy atom. The van der Waals surface area contributed by atoms with E-state index in [0.29, 0.717) is 30.2 Å². The molecule has 1 aromatic rings. The van der Waals surface area contributed by atoms with E-state index in [9.17, 15) is 13.2 Å². The molecule has 1 aliphatic heterocycles. The Balaban J connectivity index is 1.99. The summed E-state index contributed by atoms with van der Waals surface area (Å²) in [4.78, 5) is 16.5. The van der Waals surface area contributed by atoms with Crippen molar-refractivity contribution < 1.29 is 17.6 Å². The Bertz CT molecular complexity index is 759. The number of carbonyl (C=O) groups excluding carboxylic acids is 1. The molecule has 0 aliphatic carbocycles. The van der Waals surface area contributed by atoms with E-state index in [1.165, 1.54) is 26.3 Å². The van der Waals surface area contributed by atoms with E-state index in [4.69, 9.17) is 4.42 Å². The van der Waals surface area contributed by atoms with Crippen LogP contribution in [0.2, 0.25) is 0 Å². The summed E-state index contributed by atoms with van der Waals surface area (Å²) < 4.78 is 28.7. The van der Waals surface area contributed by atoms with Gasteiger partial charge in [0.15, 0.2) is 15.6 Å². The van der Waals surface area contributed by atoms with Crippen LogP contribution in [0, 0.1) is 5.92 Å². The van der Waals surface area contributed by atoms with Crippen LogP contribution in [0.5, 0.6) is 0 Å². The fourth-order valence-electron chi connectivity index (χ4n) is 2.19. The summed E-state index contributed by atoms with van der Waals surface area (Å²) in [7, 11) is -3.53. The van der Waals surface area contributed by atoms with Gasteiger partial charge in [0.1, 0.15) is 16.7 Å². The van der Waals surface area contributed by atoms with Gasteiger partial charge in [-0.1, -0.05) is 13.8 Å². The minimum Gasteiger partial charge on any atom is -0.444 e. The van der Waals surface area contributed by atoms with Gasteiger partial charge in [-0.05, 0) is 26.2 Å². The van der Waals surface area contributed by atoms with E-state index in [1.54, 1.807) is 0 Å². The lowest BCUT2D eigenvalue weighted by atomic mass is 10.0. The van der Waals surface area contributed by atoms with Gasteiger partial charge in [-0.25, -0.2) is 13.4 Å². The summed E-state index contributed by atoms with van der Waals surface area (Å²) in [5, 5.41) is 7.93. The predicted octanol–water partition coefficient (Wildman–Crippen LogP) is 2.42. The maximum absolute atomic E-state index is 12.6. The number of hydrogen-bond acceptors (Lipinski definition) is 7. The maximum atomic E-state index is 12.6. The molecule has 24 heavy (non-hydrogen) atoms. The minimum absolute atomic E-state index is 0.00789. The number of sulfone groups is 1. The fourth-order valence-corrected chi connectivity index (χ4v) is 3.91. The molecular weight excluding hydrogens is 330 g/mol. The highest BCUT2D eigenvalue weighted by atomic mass is 32.2. The molecule has 0 atom stereocenters. The monoisotopic (exact) mass is 353 g/mol. The van der Waals surface area contributed by atoms with Gasteiger partial charge in [0.2, 0.25) is 5.89 Å². The van der Waals surface area contributed by atoms with Crippen LogP contribution in [0.15, 0.2) is 27.1 Å². The van der Waals surface area contributed by atoms with Gasteiger partial charge < -0.3 is 4.42 Å². The van der Waals surface area contributed by atoms with Crippen molar-refractivity contribution in [2.75, 3.05) is 5.75 Å². The Labute approximate surface area is 142 Å². The zero-order chi connectivity index (χ0) is 18.0. The Morgan fingerprint density at radius 3 is 2.62 bits per heavy atom. The number of ketones is 1. The van der Waals surface area contributed by atoms with Crippen molar-refractivity contribution in [2.24, 2.45) is 16.1 Å². The van der Waals surface area contributed by atoms with E-state index < -0.39 is 14.6 Å². The van der Waals surface area contributed by atoms with Crippen molar-refractivity contribution >= 4 is 27.0 Å². The molecule has 0 bridgehead atoms. The lowest BCUT2D eigenvalue weighted by molar-refractivity contribution is -0.119. The summed E-state index contributed by atoms with van der Waals surface area (Å²) >= 11 is 0. The largest absolute Gasteiger partial charge is 0.444 e. The number of rotatable bonds is 8. The first-order valence-electron chi connectivity index (χ1n) is 7.91. The molecule has 0 fully saturated rings. The number of Topliss-reactive ketones (excluding diaryl/α,β-unsaturated/α-hetero) is 1. The van der Waals surface area contributed by atoms with Crippen molar-refractivity contribution in [3.05, 3.63) is 18.4 Å². The van der Waals surface area contributed by atoms with Gasteiger partial charge in [0, 0.05) is 12.8 Å². The molecule has 2 heterocycles. The van der Waals surface area contributed by atoms with Crippen LogP contribution in [0.3, 0.4) is 0 Å². The SMILES string of the molecule is CC(C)CCS(=O)(=O)C(C)(C)C(=O)CC1=NN=C(c2ncco2)C1. The molecule has 1 aliphatic rings. The number of nitrogens with zero attached hydrogens (tertiary/aromatic N) is 3. The summed E-state index contributed by atoms with van der Waals surface area (Å²) in [6.07, 6.45) is 3.78. The fraction of sp³-hybridized carbons (Fsp3) is 0.625. The van der Waals surface area contributed by atoms with Crippen molar-refractivity contribution in [3.8, 4) is 0 Å². The maximum Gasteiger partial charge on any atom is 0.242 e. The highest BCUT2D eigenvalue weighted by Gasteiger charge is 2.41. The van der Waals surface area contributed by atoms with Gasteiger partial charge >= 0.3 is 0 Å². The molecule has 0 radical (unpaired) electrons. The summed E-state index contributed by atoms with van der Waals surface area (Å²) in [6.45, 7) is 6.85. The van der Waals surface area contributed by atoms with Crippen LogP contribution < -0.4 is 0 Å². The van der Waals surface area contributed by atoms with Gasteiger partial charge in [-0.2, -0.15) is 5.10 Å². The third-order valence-electron chi connectivity index (χ3n) is 4.14. The number of aromatic nitrogens is 1. The first-order chi connectivity index (χ1) is 11.1. The highest BCUT2D eigenvalue weighted by molar-refractivity contribution is 7.93. The zero-order valence-corrected chi connectivity index (χ0v) is 15.3. The van der Waals surface area contributed by atoms with Crippen LogP contribution in [0.1, 0.15) is 52.8 Å². The molecule has 0 spiro atoms. The summed E-state index contributed by atoms with van der Waals surface area (Å²) in [5.74, 6) is 0.272. The smallest absolute Gasteiger partial charge is 0.242 e. The van der Waals surface area contributed by atoms with E-state index >= 15 is 0 Å². The molecular formula is C16H23N3O4S. The molecule has 1 aromatic heterocycles. The first kappa shape index (κ1) is 18.5. The van der Waals surface area contributed by atoms with Gasteiger partial charge in [-0.3, -0.25) is 4.79 Å². The second-order valence-electron chi connectivity index (χ2n) is 6.84. The third-order valence-corrected chi connectivity index (χ3v) is 6.70. The normalized spacial score (nSPS) is 15.5. The molecule has 0 saturated carbocycles. The van der Waals surface area contributed by atoms with Crippen LogP contribution in [0.4, 0.5) is 0 Å². The van der Waals surface area contributed by atoms with Crippen molar-refractivity contribution in [2.45, 2.75) is 51.7 Å². The molecule has 8 heteroatoms. The zero-order valence-electron chi connectivity index (χ0n) is 14.4. The number of hydrogen-bond donors (Lipinski definition) is 0. The summed E-state index contributed by atoms with van der Waals surface area (Å²) in [5.41, 5.74) is 1.07. The second kappa shape index (κ2) is 6.96. The molecule has 0 amide bonds. The molecule has 0 saturated heterocycles. The Morgan fingerprint density at radius 2 is 2.04 bits per heavy atom. The molecule has 0 N–H and O–H groups in total. The molecule has 132 valence electrons. The van der Waals surface area contributed by atoms with E-state index in [2.05, 4.69) is 15.2 Å².